The highest BCUT2D eigenvalue weighted by Crippen LogP contribution is 2.14. The van der Waals surface area contributed by atoms with Crippen LogP contribution >= 0.6 is 0 Å². The van der Waals surface area contributed by atoms with Gasteiger partial charge in [0, 0.05) is 30.9 Å². The molecule has 3 N–H and O–H groups in total. The Morgan fingerprint density at radius 1 is 1.24 bits per heavy atom. The zero-order chi connectivity index (χ0) is 15.9. The van der Waals surface area contributed by atoms with Crippen molar-refractivity contribution in [3.05, 3.63) is 29.3 Å². The highest BCUT2D eigenvalue weighted by Gasteiger charge is 2.08. The van der Waals surface area contributed by atoms with Crippen molar-refractivity contribution in [3.63, 3.8) is 0 Å². The lowest BCUT2D eigenvalue weighted by Gasteiger charge is -2.10. The molecule has 1 amide bonds. The Kier molecular flexibility index (Phi) is 6.64. The van der Waals surface area contributed by atoms with Gasteiger partial charge in [-0.15, -0.1) is 0 Å². The topological polar surface area (TPSA) is 87.3 Å². The Morgan fingerprint density at radius 3 is 2.52 bits per heavy atom. The van der Waals surface area contributed by atoms with Crippen LogP contribution in [0.2, 0.25) is 0 Å². The third kappa shape index (κ3) is 6.59. The van der Waals surface area contributed by atoms with E-state index in [0.29, 0.717) is 25.1 Å². The zero-order valence-corrected chi connectivity index (χ0v) is 13.5. The molecule has 6 nitrogen and oxygen atoms in total. The van der Waals surface area contributed by atoms with Gasteiger partial charge in [-0.2, -0.15) is 0 Å². The number of carbonyl (C=O) groups is 1. The number of anilines is 1. The van der Waals surface area contributed by atoms with E-state index in [4.69, 9.17) is 0 Å². The Bertz CT molecular complexity index is 585. The fraction of sp³-hybridized carbons (Fsp3) is 0.500. The Balaban J connectivity index is 2.45. The fourth-order valence-electron chi connectivity index (χ4n) is 1.88. The van der Waals surface area contributed by atoms with Crippen molar-refractivity contribution >= 4 is 21.6 Å². The molecule has 0 radical (unpaired) electrons. The van der Waals surface area contributed by atoms with Gasteiger partial charge in [0.25, 0.3) is 5.91 Å². The maximum absolute atomic E-state index is 12.0. The largest absolute Gasteiger partial charge is 0.385 e. The first-order valence-electron chi connectivity index (χ1n) is 6.91. The second kappa shape index (κ2) is 7.99. The summed E-state index contributed by atoms with van der Waals surface area (Å²) in [6.07, 6.45) is 1.66. The molecule has 1 aromatic rings. The number of sulfonamides is 1. The van der Waals surface area contributed by atoms with Crippen molar-refractivity contribution < 1.29 is 13.2 Å². The van der Waals surface area contributed by atoms with E-state index in [-0.39, 0.29) is 5.91 Å². The average Bonchev–Trinajstić information content (AvgIpc) is 2.37. The SMILES string of the molecule is CCNc1ccc(C(=O)NCCCNS(C)(=O)=O)c(C)c1. The molecule has 0 aliphatic rings. The molecule has 0 aliphatic heterocycles. The minimum Gasteiger partial charge on any atom is -0.385 e. The van der Waals surface area contributed by atoms with E-state index in [0.717, 1.165) is 24.1 Å². The molecular formula is C14H23N3O3S. The number of rotatable bonds is 8. The van der Waals surface area contributed by atoms with Gasteiger partial charge in [0.05, 0.1) is 6.26 Å². The predicted molar refractivity (Wildman–Crippen MR) is 85.1 cm³/mol. The number of carbonyl (C=O) groups excluding carboxylic acids is 1. The minimum atomic E-state index is -3.16. The molecule has 1 rings (SSSR count). The van der Waals surface area contributed by atoms with Crippen molar-refractivity contribution in [2.75, 3.05) is 31.2 Å². The van der Waals surface area contributed by atoms with Crippen molar-refractivity contribution in [2.45, 2.75) is 20.3 Å². The molecule has 0 heterocycles. The van der Waals surface area contributed by atoms with Crippen LogP contribution in [0.3, 0.4) is 0 Å². The third-order valence-corrected chi connectivity index (χ3v) is 3.58. The molecule has 0 saturated carbocycles. The molecule has 0 aromatic heterocycles. The standard InChI is InChI=1S/C14H23N3O3S/c1-4-15-12-6-7-13(11(2)10-12)14(18)16-8-5-9-17-21(3,19)20/h6-7,10,15,17H,4-5,8-9H2,1-3H3,(H,16,18). The average molecular weight is 313 g/mol. The van der Waals surface area contributed by atoms with Crippen LogP contribution in [0.25, 0.3) is 0 Å². The first-order valence-corrected chi connectivity index (χ1v) is 8.80. The van der Waals surface area contributed by atoms with Crippen molar-refractivity contribution in [1.82, 2.24) is 10.0 Å². The second-order valence-electron chi connectivity index (χ2n) is 4.84. The van der Waals surface area contributed by atoms with E-state index in [1.54, 1.807) is 6.07 Å². The molecule has 0 unspecified atom stereocenters. The van der Waals surface area contributed by atoms with Crippen LogP contribution < -0.4 is 15.4 Å². The lowest BCUT2D eigenvalue weighted by Crippen LogP contribution is -2.29. The summed E-state index contributed by atoms with van der Waals surface area (Å²) >= 11 is 0. The summed E-state index contributed by atoms with van der Waals surface area (Å²) in [5.41, 5.74) is 2.52. The molecule has 0 saturated heterocycles. The monoisotopic (exact) mass is 313 g/mol. The summed E-state index contributed by atoms with van der Waals surface area (Å²) in [5, 5.41) is 5.97. The van der Waals surface area contributed by atoms with E-state index in [1.807, 2.05) is 26.0 Å². The van der Waals surface area contributed by atoms with Crippen LogP contribution in [0.1, 0.15) is 29.3 Å². The van der Waals surface area contributed by atoms with Crippen LogP contribution in [-0.2, 0) is 10.0 Å². The van der Waals surface area contributed by atoms with E-state index < -0.39 is 10.0 Å². The molecule has 21 heavy (non-hydrogen) atoms. The van der Waals surface area contributed by atoms with E-state index in [2.05, 4.69) is 15.4 Å². The van der Waals surface area contributed by atoms with Crippen LogP contribution in [0.15, 0.2) is 18.2 Å². The van der Waals surface area contributed by atoms with Gasteiger partial charge in [-0.3, -0.25) is 4.79 Å². The number of aryl methyl sites for hydroxylation is 1. The number of amides is 1. The van der Waals surface area contributed by atoms with Gasteiger partial charge >= 0.3 is 0 Å². The van der Waals surface area contributed by atoms with Gasteiger partial charge in [0.15, 0.2) is 0 Å². The minimum absolute atomic E-state index is 0.144. The summed E-state index contributed by atoms with van der Waals surface area (Å²) in [6.45, 7) is 5.48. The summed E-state index contributed by atoms with van der Waals surface area (Å²) in [4.78, 5) is 12.0. The van der Waals surface area contributed by atoms with Crippen LogP contribution in [0.5, 0.6) is 0 Å². The molecular weight excluding hydrogens is 290 g/mol. The summed E-state index contributed by atoms with van der Waals surface area (Å²) in [7, 11) is -3.16. The van der Waals surface area contributed by atoms with Crippen LogP contribution in [0.4, 0.5) is 5.69 Å². The van der Waals surface area contributed by atoms with Gasteiger partial charge in [0.1, 0.15) is 0 Å². The Labute approximate surface area is 126 Å². The molecule has 0 aliphatic carbocycles. The van der Waals surface area contributed by atoms with E-state index in [1.165, 1.54) is 0 Å². The molecule has 0 atom stereocenters. The van der Waals surface area contributed by atoms with Gasteiger partial charge in [-0.25, -0.2) is 13.1 Å². The third-order valence-electron chi connectivity index (χ3n) is 2.86. The van der Waals surface area contributed by atoms with E-state index >= 15 is 0 Å². The maximum Gasteiger partial charge on any atom is 0.251 e. The number of benzene rings is 1. The lowest BCUT2D eigenvalue weighted by atomic mass is 10.1. The fourth-order valence-corrected chi connectivity index (χ4v) is 2.39. The molecule has 0 bridgehead atoms. The van der Waals surface area contributed by atoms with Gasteiger partial charge in [-0.05, 0) is 44.0 Å². The highest BCUT2D eigenvalue weighted by molar-refractivity contribution is 7.88. The van der Waals surface area contributed by atoms with Crippen molar-refractivity contribution in [2.24, 2.45) is 0 Å². The maximum atomic E-state index is 12.0. The predicted octanol–water partition coefficient (Wildman–Crippen LogP) is 1.10. The first-order chi connectivity index (χ1) is 9.83. The molecule has 0 spiro atoms. The normalized spacial score (nSPS) is 11.2. The molecule has 7 heteroatoms. The number of hydrogen-bond acceptors (Lipinski definition) is 4. The van der Waals surface area contributed by atoms with E-state index in [9.17, 15) is 13.2 Å². The second-order valence-corrected chi connectivity index (χ2v) is 6.67. The highest BCUT2D eigenvalue weighted by atomic mass is 32.2. The van der Waals surface area contributed by atoms with Gasteiger partial charge < -0.3 is 10.6 Å². The molecule has 1 aromatic carbocycles. The van der Waals surface area contributed by atoms with Crippen LogP contribution in [-0.4, -0.2) is 40.2 Å². The number of hydrogen-bond donors (Lipinski definition) is 3. The zero-order valence-electron chi connectivity index (χ0n) is 12.7. The molecule has 118 valence electrons. The van der Waals surface area contributed by atoms with Crippen LogP contribution in [0, 0.1) is 6.92 Å². The van der Waals surface area contributed by atoms with Crippen molar-refractivity contribution in [1.29, 1.82) is 0 Å². The summed E-state index contributed by atoms with van der Waals surface area (Å²) in [6, 6.07) is 5.59. The number of nitrogens with one attached hydrogen (secondary N) is 3. The lowest BCUT2D eigenvalue weighted by molar-refractivity contribution is 0.0953. The quantitative estimate of drug-likeness (QED) is 0.627. The summed E-state index contributed by atoms with van der Waals surface area (Å²) in [5.74, 6) is -0.144. The Hall–Kier alpha value is -1.60. The smallest absolute Gasteiger partial charge is 0.251 e. The van der Waals surface area contributed by atoms with Gasteiger partial charge in [0.2, 0.25) is 10.0 Å². The Morgan fingerprint density at radius 2 is 1.95 bits per heavy atom. The summed E-state index contributed by atoms with van der Waals surface area (Å²) < 4.78 is 24.1. The first kappa shape index (κ1) is 17.5. The molecule has 0 fully saturated rings. The van der Waals surface area contributed by atoms with Crippen molar-refractivity contribution in [3.8, 4) is 0 Å². The van der Waals surface area contributed by atoms with Gasteiger partial charge in [-0.1, -0.05) is 0 Å².